The van der Waals surface area contributed by atoms with Gasteiger partial charge in [-0.25, -0.2) is 0 Å². The van der Waals surface area contributed by atoms with Crippen LogP contribution in [0, 0.1) is 6.92 Å². The highest BCUT2D eigenvalue weighted by molar-refractivity contribution is 7.12. The fourth-order valence-corrected chi connectivity index (χ4v) is 2.38. The van der Waals surface area contributed by atoms with E-state index in [9.17, 15) is 5.11 Å². The number of hydrogen-bond acceptors (Lipinski definition) is 2. The average molecular weight is 207 g/mol. The molecule has 2 aromatic rings. The van der Waals surface area contributed by atoms with Crippen LogP contribution in [0.4, 0.5) is 0 Å². The Balaban J connectivity index is 2.33. The summed E-state index contributed by atoms with van der Waals surface area (Å²) in [4.78, 5) is 2.23. The van der Waals surface area contributed by atoms with Gasteiger partial charge in [0.2, 0.25) is 0 Å². The Kier molecular flexibility index (Phi) is 2.44. The van der Waals surface area contributed by atoms with E-state index in [1.54, 1.807) is 11.3 Å². The van der Waals surface area contributed by atoms with Gasteiger partial charge in [0.15, 0.2) is 0 Å². The second kappa shape index (κ2) is 3.59. The molecule has 0 aliphatic carbocycles. The van der Waals surface area contributed by atoms with Gasteiger partial charge in [0.05, 0.1) is 5.69 Å². The van der Waals surface area contributed by atoms with Gasteiger partial charge in [-0.3, -0.25) is 0 Å². The van der Waals surface area contributed by atoms with E-state index in [1.807, 2.05) is 49.0 Å². The fraction of sp³-hybridized carbons (Fsp3) is 0.273. The molecule has 0 amide bonds. The predicted octanol–water partition coefficient (Wildman–Crippen LogP) is 2.48. The van der Waals surface area contributed by atoms with Gasteiger partial charge in [-0.1, -0.05) is 0 Å². The summed E-state index contributed by atoms with van der Waals surface area (Å²) in [5, 5.41) is 10.1. The summed E-state index contributed by atoms with van der Waals surface area (Å²) in [5.74, 6) is 0. The molecule has 14 heavy (non-hydrogen) atoms. The first-order valence-corrected chi connectivity index (χ1v) is 5.36. The molecular formula is C11H13NOS. The summed E-state index contributed by atoms with van der Waals surface area (Å²) in [5.41, 5.74) is 0.937. The number of aryl methyl sites for hydroxylation is 2. The minimum absolute atomic E-state index is 0.492. The molecule has 0 saturated heterocycles. The van der Waals surface area contributed by atoms with Gasteiger partial charge in [0.25, 0.3) is 0 Å². The van der Waals surface area contributed by atoms with E-state index in [0.29, 0.717) is 0 Å². The van der Waals surface area contributed by atoms with Crippen molar-refractivity contribution >= 4 is 11.3 Å². The largest absolute Gasteiger partial charge is 0.381 e. The lowest BCUT2D eigenvalue weighted by molar-refractivity contribution is 0.215. The molecule has 0 bridgehead atoms. The molecule has 2 heterocycles. The first-order chi connectivity index (χ1) is 6.68. The van der Waals surface area contributed by atoms with Crippen molar-refractivity contribution in [1.29, 1.82) is 0 Å². The number of aliphatic hydroxyl groups is 1. The maximum atomic E-state index is 10.1. The van der Waals surface area contributed by atoms with Crippen molar-refractivity contribution in [2.75, 3.05) is 0 Å². The van der Waals surface area contributed by atoms with E-state index >= 15 is 0 Å². The molecule has 0 spiro atoms. The molecular weight excluding hydrogens is 194 g/mol. The van der Waals surface area contributed by atoms with Crippen LogP contribution in [-0.2, 0) is 7.05 Å². The maximum absolute atomic E-state index is 10.1. The van der Waals surface area contributed by atoms with E-state index in [4.69, 9.17) is 0 Å². The number of thiophene rings is 1. The molecule has 1 atom stereocenters. The summed E-state index contributed by atoms with van der Waals surface area (Å²) in [6.45, 7) is 2.05. The molecule has 0 radical (unpaired) electrons. The summed E-state index contributed by atoms with van der Waals surface area (Å²) in [6.07, 6.45) is 1.45. The zero-order valence-electron chi connectivity index (χ0n) is 8.27. The van der Waals surface area contributed by atoms with Crippen LogP contribution in [0.1, 0.15) is 21.6 Å². The lowest BCUT2D eigenvalue weighted by Gasteiger charge is -2.09. The summed E-state index contributed by atoms with van der Waals surface area (Å²) >= 11 is 1.64. The lowest BCUT2D eigenvalue weighted by atomic mass is 10.2. The average Bonchev–Trinajstić information content (AvgIpc) is 2.73. The number of rotatable bonds is 2. The molecule has 0 aromatic carbocycles. The quantitative estimate of drug-likeness (QED) is 0.804. The number of nitrogens with zero attached hydrogens (tertiary/aromatic N) is 1. The molecule has 2 aromatic heterocycles. The normalized spacial score (nSPS) is 13.1. The van der Waals surface area contributed by atoms with Crippen molar-refractivity contribution in [1.82, 2.24) is 4.57 Å². The van der Waals surface area contributed by atoms with Gasteiger partial charge in [-0.2, -0.15) is 0 Å². The molecule has 2 nitrogen and oxygen atoms in total. The van der Waals surface area contributed by atoms with Crippen molar-refractivity contribution < 1.29 is 5.11 Å². The van der Waals surface area contributed by atoms with E-state index in [0.717, 1.165) is 10.6 Å². The van der Waals surface area contributed by atoms with E-state index in [1.165, 1.54) is 4.88 Å². The van der Waals surface area contributed by atoms with Crippen molar-refractivity contribution in [3.63, 3.8) is 0 Å². The van der Waals surface area contributed by atoms with Crippen LogP contribution in [0.15, 0.2) is 30.5 Å². The van der Waals surface area contributed by atoms with Gasteiger partial charge in [-0.05, 0) is 31.2 Å². The second-order valence-corrected chi connectivity index (χ2v) is 4.71. The Labute approximate surface area is 87.4 Å². The minimum Gasteiger partial charge on any atom is -0.381 e. The number of hydrogen-bond donors (Lipinski definition) is 1. The summed E-state index contributed by atoms with van der Waals surface area (Å²) in [6, 6.07) is 7.91. The Bertz CT molecular complexity index is 430. The Morgan fingerprint density at radius 2 is 2.14 bits per heavy atom. The van der Waals surface area contributed by atoms with Crippen LogP contribution in [-0.4, -0.2) is 9.67 Å². The predicted molar refractivity (Wildman–Crippen MR) is 58.5 cm³/mol. The van der Waals surface area contributed by atoms with Crippen LogP contribution < -0.4 is 0 Å². The SMILES string of the molecule is Cc1ccc([C@@H](O)c2cccn2C)s1. The second-order valence-electron chi connectivity index (χ2n) is 3.39. The van der Waals surface area contributed by atoms with Gasteiger partial charge >= 0.3 is 0 Å². The smallest absolute Gasteiger partial charge is 0.128 e. The molecule has 0 fully saturated rings. The van der Waals surface area contributed by atoms with E-state index in [2.05, 4.69) is 0 Å². The third kappa shape index (κ3) is 1.61. The Hall–Kier alpha value is -1.06. The fourth-order valence-electron chi connectivity index (χ4n) is 1.50. The van der Waals surface area contributed by atoms with Crippen LogP contribution in [0.3, 0.4) is 0 Å². The van der Waals surface area contributed by atoms with Gasteiger partial charge in [-0.15, -0.1) is 11.3 Å². The van der Waals surface area contributed by atoms with Crippen LogP contribution in [0.2, 0.25) is 0 Å². The van der Waals surface area contributed by atoms with Gasteiger partial charge in [0, 0.05) is 23.0 Å². The topological polar surface area (TPSA) is 25.2 Å². The zero-order chi connectivity index (χ0) is 10.1. The van der Waals surface area contributed by atoms with Crippen molar-refractivity contribution in [2.45, 2.75) is 13.0 Å². The van der Waals surface area contributed by atoms with Crippen LogP contribution in [0.25, 0.3) is 0 Å². The number of aromatic nitrogens is 1. The third-order valence-electron chi connectivity index (χ3n) is 2.29. The monoisotopic (exact) mass is 207 g/mol. The Morgan fingerprint density at radius 1 is 1.36 bits per heavy atom. The summed E-state index contributed by atoms with van der Waals surface area (Å²) < 4.78 is 1.94. The first kappa shape index (κ1) is 9.49. The molecule has 1 N–H and O–H groups in total. The molecule has 0 aliphatic heterocycles. The zero-order valence-corrected chi connectivity index (χ0v) is 9.08. The van der Waals surface area contributed by atoms with Crippen molar-refractivity contribution in [3.8, 4) is 0 Å². The van der Waals surface area contributed by atoms with Crippen LogP contribution in [0.5, 0.6) is 0 Å². The van der Waals surface area contributed by atoms with Crippen LogP contribution >= 0.6 is 11.3 Å². The molecule has 0 saturated carbocycles. The highest BCUT2D eigenvalue weighted by Gasteiger charge is 2.14. The molecule has 3 heteroatoms. The molecule has 74 valence electrons. The van der Waals surface area contributed by atoms with Gasteiger partial charge in [0.1, 0.15) is 6.10 Å². The highest BCUT2D eigenvalue weighted by atomic mass is 32.1. The Morgan fingerprint density at radius 3 is 2.64 bits per heavy atom. The molecule has 0 unspecified atom stereocenters. The highest BCUT2D eigenvalue weighted by Crippen LogP contribution is 2.27. The van der Waals surface area contributed by atoms with E-state index in [-0.39, 0.29) is 0 Å². The van der Waals surface area contributed by atoms with Crippen molar-refractivity contribution in [3.05, 3.63) is 45.9 Å². The molecule has 2 rings (SSSR count). The third-order valence-corrected chi connectivity index (χ3v) is 3.35. The number of aliphatic hydroxyl groups excluding tert-OH is 1. The van der Waals surface area contributed by atoms with E-state index < -0.39 is 6.10 Å². The molecule has 0 aliphatic rings. The minimum atomic E-state index is -0.492. The maximum Gasteiger partial charge on any atom is 0.128 e. The summed E-state index contributed by atoms with van der Waals surface area (Å²) in [7, 11) is 1.94. The lowest BCUT2D eigenvalue weighted by Crippen LogP contribution is -2.02. The first-order valence-electron chi connectivity index (χ1n) is 4.54. The van der Waals surface area contributed by atoms with Gasteiger partial charge < -0.3 is 9.67 Å². The standard InChI is InChI=1S/C11H13NOS/c1-8-5-6-10(14-8)11(13)9-4-3-7-12(9)2/h3-7,11,13H,1-2H3/t11-/m0/s1. The van der Waals surface area contributed by atoms with Crippen molar-refractivity contribution in [2.24, 2.45) is 7.05 Å².